The Balaban J connectivity index is 0.00000402. The SMILES string of the molecule is O=S(=O)([O-])c1cc(N=c2nc(Nc3ccc(Cl)cc3)nc(Nc3ccc(Cl)cc3)[nH]2)ccc1/C=C/c1ccc(N=c2nc(Nc3ccc(Cl)cc3)nc(Nc3ccc(Cl)cc3)[nH]2)cc1S(=O)(=O)[O-].[Na+].[Na+]. The molecule has 0 spiro atoms. The molecule has 8 aromatic rings. The fourth-order valence-corrected chi connectivity index (χ4v) is 7.99. The summed E-state index contributed by atoms with van der Waals surface area (Å²) in [5.74, 6) is 0.530. The Morgan fingerprint density at radius 2 is 0.743 bits per heavy atom. The molecule has 18 nitrogen and oxygen atoms in total. The number of aromatic amines is 2. The number of H-pyrrole nitrogens is 2. The van der Waals surface area contributed by atoms with E-state index >= 15 is 0 Å². The van der Waals surface area contributed by atoms with Gasteiger partial charge in [0.25, 0.3) is 0 Å². The third-order valence-corrected chi connectivity index (χ3v) is 12.0. The van der Waals surface area contributed by atoms with Gasteiger partial charge >= 0.3 is 59.1 Å². The van der Waals surface area contributed by atoms with Gasteiger partial charge in [-0.1, -0.05) is 70.7 Å². The van der Waals surface area contributed by atoms with Crippen molar-refractivity contribution >= 4 is 137 Å². The van der Waals surface area contributed by atoms with Crippen LogP contribution in [0, 0.1) is 0 Å². The molecule has 0 radical (unpaired) electrons. The molecule has 0 amide bonds. The standard InChI is InChI=1S/C44H32Cl4N12O6S2.2Na/c45-27-5-15-31(16-6-27)49-39-55-40(50-32-17-7-28(46)8-18-32)58-43(57-39)53-35-13-3-25(37(23-35)67(61,62)63)1-2-26-4-14-36(24-38(26)68(64,65)66)54-44-59-41(51-33-19-9-29(47)10-20-33)56-42(60-44)52-34-21-11-30(48)12-22-34;;/h1-24H,(H,61,62,63)(H,64,65,66)(H3,49,50,53,55,57,58)(H3,51,52,54,56,59,60);;/q;2*+1/p-2/b2-1+;;. The summed E-state index contributed by atoms with van der Waals surface area (Å²) in [7, 11) is -10.3. The monoisotopic (exact) mass is 1070 g/mol. The van der Waals surface area contributed by atoms with Crippen LogP contribution in [0.5, 0.6) is 0 Å². The third-order valence-electron chi connectivity index (χ3n) is 9.18. The van der Waals surface area contributed by atoms with Crippen LogP contribution < -0.4 is 91.6 Å². The number of rotatable bonds is 14. The zero-order valence-corrected chi connectivity index (χ0v) is 45.0. The minimum Gasteiger partial charge on any atom is -0.744 e. The molecule has 26 heteroatoms. The first-order valence-electron chi connectivity index (χ1n) is 19.5. The molecule has 6 N–H and O–H groups in total. The van der Waals surface area contributed by atoms with Crippen molar-refractivity contribution < 1.29 is 85.1 Å². The molecule has 70 heavy (non-hydrogen) atoms. The predicted molar refractivity (Wildman–Crippen MR) is 260 cm³/mol. The van der Waals surface area contributed by atoms with Crippen molar-refractivity contribution in [2.45, 2.75) is 9.79 Å². The van der Waals surface area contributed by atoms with Crippen LogP contribution in [-0.4, -0.2) is 55.8 Å². The maximum atomic E-state index is 12.7. The molecule has 2 heterocycles. The number of hydrogen-bond donors (Lipinski definition) is 6. The van der Waals surface area contributed by atoms with Gasteiger partial charge in [0.15, 0.2) is 0 Å². The summed E-state index contributed by atoms with van der Waals surface area (Å²) >= 11 is 24.2. The van der Waals surface area contributed by atoms with Crippen molar-refractivity contribution in [3.8, 4) is 0 Å². The van der Waals surface area contributed by atoms with Crippen molar-refractivity contribution in [2.24, 2.45) is 9.98 Å². The van der Waals surface area contributed by atoms with Crippen molar-refractivity contribution in [3.05, 3.63) is 176 Å². The molecule has 0 bridgehead atoms. The fourth-order valence-electron chi connectivity index (χ4n) is 6.10. The van der Waals surface area contributed by atoms with Gasteiger partial charge in [-0.3, -0.25) is 9.97 Å². The Kier molecular flexibility index (Phi) is 18.5. The van der Waals surface area contributed by atoms with Gasteiger partial charge in [0.05, 0.1) is 21.2 Å². The van der Waals surface area contributed by atoms with Gasteiger partial charge in [0, 0.05) is 42.8 Å². The van der Waals surface area contributed by atoms with Gasteiger partial charge in [-0.05, 0) is 132 Å². The first-order chi connectivity index (χ1) is 32.5. The van der Waals surface area contributed by atoms with Crippen LogP contribution in [0.3, 0.4) is 0 Å². The van der Waals surface area contributed by atoms with E-state index in [4.69, 9.17) is 46.4 Å². The molecule has 2 aromatic heterocycles. The van der Waals surface area contributed by atoms with Gasteiger partial charge in [0.1, 0.15) is 20.2 Å². The molecule has 0 unspecified atom stereocenters. The van der Waals surface area contributed by atoms with Gasteiger partial charge in [-0.2, -0.15) is 19.9 Å². The second-order valence-corrected chi connectivity index (χ2v) is 18.6. The van der Waals surface area contributed by atoms with Crippen LogP contribution in [0.4, 0.5) is 57.9 Å². The Bertz CT molecular complexity index is 3200. The molecule has 0 fully saturated rings. The number of nitrogens with one attached hydrogen (secondary N) is 6. The van der Waals surface area contributed by atoms with Crippen molar-refractivity contribution in [1.82, 2.24) is 29.9 Å². The first kappa shape index (κ1) is 54.2. The van der Waals surface area contributed by atoms with E-state index in [9.17, 15) is 25.9 Å². The van der Waals surface area contributed by atoms with Gasteiger partial charge in [-0.25, -0.2) is 26.8 Å². The number of nitrogens with zero attached hydrogens (tertiary/aromatic N) is 6. The van der Waals surface area contributed by atoms with Crippen LogP contribution in [0.2, 0.25) is 20.1 Å². The van der Waals surface area contributed by atoms with Crippen LogP contribution in [-0.2, 0) is 20.2 Å². The average molecular weight is 1070 g/mol. The molecule has 344 valence electrons. The van der Waals surface area contributed by atoms with E-state index in [-0.39, 0.29) is 117 Å². The van der Waals surface area contributed by atoms with E-state index < -0.39 is 30.0 Å². The smallest absolute Gasteiger partial charge is 0.744 e. The van der Waals surface area contributed by atoms with E-state index in [1.54, 1.807) is 97.1 Å². The number of anilines is 8. The molecule has 0 aliphatic heterocycles. The van der Waals surface area contributed by atoms with Gasteiger partial charge in [0.2, 0.25) is 35.0 Å². The predicted octanol–water partition coefficient (Wildman–Crippen LogP) is 3.96. The molecular formula is C44H30Cl4N12Na2O6S2. The van der Waals surface area contributed by atoms with Crippen molar-refractivity contribution in [1.29, 1.82) is 0 Å². The summed E-state index contributed by atoms with van der Waals surface area (Å²) in [5, 5.41) is 14.4. The average Bonchev–Trinajstić information content (AvgIpc) is 3.28. The maximum absolute atomic E-state index is 12.7. The number of aromatic nitrogens is 6. The Labute approximate surface area is 463 Å². The van der Waals surface area contributed by atoms with E-state index in [2.05, 4.69) is 61.2 Å². The zero-order valence-electron chi connectivity index (χ0n) is 36.3. The summed E-state index contributed by atoms with van der Waals surface area (Å²) in [6, 6.07) is 34.5. The van der Waals surface area contributed by atoms with E-state index in [0.717, 1.165) is 12.1 Å². The molecule has 0 saturated carbocycles. The number of benzene rings is 6. The second kappa shape index (κ2) is 23.8. The van der Waals surface area contributed by atoms with E-state index in [1.807, 2.05) is 0 Å². The van der Waals surface area contributed by atoms with Crippen molar-refractivity contribution in [2.75, 3.05) is 21.3 Å². The maximum Gasteiger partial charge on any atom is 1.00 e. The molecule has 0 aliphatic carbocycles. The summed E-state index contributed by atoms with van der Waals surface area (Å²) in [4.78, 5) is 31.1. The number of halogens is 4. The normalized spacial score (nSPS) is 12.0. The topological polar surface area (TPSA) is 270 Å². The summed E-state index contributed by atoms with van der Waals surface area (Å²) in [6.45, 7) is 0. The summed E-state index contributed by atoms with van der Waals surface area (Å²) in [6.07, 6.45) is 2.35. The molecule has 0 atom stereocenters. The minimum absolute atomic E-state index is 0. The van der Waals surface area contributed by atoms with E-state index in [0.29, 0.717) is 42.8 Å². The molecule has 8 rings (SSSR count). The summed E-state index contributed by atoms with van der Waals surface area (Å²) in [5.41, 5.74) is 2.02. The molecule has 0 saturated heterocycles. The molecule has 6 aromatic carbocycles. The van der Waals surface area contributed by atoms with E-state index in [1.165, 1.54) is 36.4 Å². The summed E-state index contributed by atoms with van der Waals surface area (Å²) < 4.78 is 76.0. The van der Waals surface area contributed by atoms with Crippen LogP contribution in [0.25, 0.3) is 12.2 Å². The van der Waals surface area contributed by atoms with Crippen LogP contribution in [0.1, 0.15) is 11.1 Å². The molecular weight excluding hydrogens is 1040 g/mol. The fraction of sp³-hybridized carbons (Fsp3) is 0. The minimum atomic E-state index is -5.17. The van der Waals surface area contributed by atoms with Crippen LogP contribution >= 0.6 is 46.4 Å². The zero-order chi connectivity index (χ0) is 48.0. The largest absolute Gasteiger partial charge is 1.00 e. The number of hydrogen-bond acceptors (Lipinski definition) is 16. The van der Waals surface area contributed by atoms with Crippen LogP contribution in [0.15, 0.2) is 153 Å². The third kappa shape index (κ3) is 15.2. The second-order valence-electron chi connectivity index (χ2n) is 14.1. The Morgan fingerprint density at radius 3 is 1.04 bits per heavy atom. The Morgan fingerprint density at radius 1 is 0.443 bits per heavy atom. The van der Waals surface area contributed by atoms with Gasteiger partial charge < -0.3 is 30.4 Å². The quantitative estimate of drug-likeness (QED) is 0.0512. The molecule has 0 aliphatic rings. The van der Waals surface area contributed by atoms with Crippen molar-refractivity contribution in [3.63, 3.8) is 0 Å². The first-order valence-corrected chi connectivity index (χ1v) is 23.8. The van der Waals surface area contributed by atoms with Gasteiger partial charge in [-0.15, -0.1) is 0 Å². The Hall–Kier alpha value is -5.14.